The topological polar surface area (TPSA) is 102 Å². The van der Waals surface area contributed by atoms with Crippen LogP contribution in [0.25, 0.3) is 0 Å². The van der Waals surface area contributed by atoms with E-state index in [9.17, 15) is 13.2 Å². The monoisotopic (exact) mass is 363 g/mol. The summed E-state index contributed by atoms with van der Waals surface area (Å²) < 4.78 is 39.1. The van der Waals surface area contributed by atoms with Gasteiger partial charge in [0.1, 0.15) is 13.2 Å². The normalized spacial score (nSPS) is 13.3. The van der Waals surface area contributed by atoms with E-state index >= 15 is 0 Å². The summed E-state index contributed by atoms with van der Waals surface area (Å²) in [5.41, 5.74) is 0.687. The highest BCUT2D eigenvalue weighted by Crippen LogP contribution is 2.38. The van der Waals surface area contributed by atoms with Crippen molar-refractivity contribution in [3.8, 4) is 11.5 Å². The second-order valence-corrected chi connectivity index (χ2v) is 7.07. The Balaban J connectivity index is 2.03. The summed E-state index contributed by atoms with van der Waals surface area (Å²) in [7, 11) is -3.99. The minimum Gasteiger partial charge on any atom is -0.486 e. The molecule has 2 aromatic carbocycles. The molecule has 132 valence electrons. The molecule has 1 aliphatic rings. The Morgan fingerprint density at radius 3 is 2.68 bits per heavy atom. The lowest BCUT2D eigenvalue weighted by atomic mass is 10.1. The number of sulfonamides is 1. The first-order chi connectivity index (χ1) is 11.9. The Hall–Kier alpha value is -2.74. The lowest BCUT2D eigenvalue weighted by Crippen LogP contribution is -2.20. The Bertz CT molecular complexity index is 923. The van der Waals surface area contributed by atoms with Crippen LogP contribution in [0.4, 0.5) is 5.69 Å². The van der Waals surface area contributed by atoms with Gasteiger partial charge < -0.3 is 14.6 Å². The molecule has 0 bridgehead atoms. The zero-order chi connectivity index (χ0) is 18.0. The van der Waals surface area contributed by atoms with E-state index in [1.807, 2.05) is 0 Å². The van der Waals surface area contributed by atoms with Crippen LogP contribution in [0.15, 0.2) is 41.3 Å². The van der Waals surface area contributed by atoms with Crippen LogP contribution >= 0.6 is 0 Å². The molecule has 0 amide bonds. The number of hydrogen-bond donors (Lipinski definition) is 2. The fourth-order valence-corrected chi connectivity index (χ4v) is 3.98. The number of ether oxygens (including phenoxy) is 2. The Labute approximate surface area is 145 Å². The standard InChI is InChI=1S/C17H17NO6S/c1-2-11-6-7-12(17(19)20)10-15(11)25(21,22)18-13-4-3-5-14-16(13)24-9-8-23-14/h3-7,10,18H,2,8-9H2,1H3,(H,19,20). The van der Waals surface area contributed by atoms with Crippen LogP contribution in [-0.2, 0) is 16.4 Å². The lowest BCUT2D eigenvalue weighted by molar-refractivity contribution is 0.0696. The van der Waals surface area contributed by atoms with Gasteiger partial charge in [-0.05, 0) is 36.2 Å². The van der Waals surface area contributed by atoms with Gasteiger partial charge in [0.05, 0.1) is 16.1 Å². The van der Waals surface area contributed by atoms with Gasteiger partial charge in [0.2, 0.25) is 0 Å². The molecule has 0 spiro atoms. The maximum atomic E-state index is 12.8. The van der Waals surface area contributed by atoms with Crippen molar-refractivity contribution >= 4 is 21.7 Å². The van der Waals surface area contributed by atoms with Crippen molar-refractivity contribution in [2.75, 3.05) is 17.9 Å². The Kier molecular flexibility index (Phi) is 4.54. The average molecular weight is 363 g/mol. The predicted octanol–water partition coefficient (Wildman–Crippen LogP) is 2.52. The third-order valence-electron chi connectivity index (χ3n) is 3.80. The van der Waals surface area contributed by atoms with Crippen molar-refractivity contribution in [1.29, 1.82) is 0 Å². The minimum absolute atomic E-state index is 0.0655. The fourth-order valence-electron chi connectivity index (χ4n) is 2.58. The highest BCUT2D eigenvalue weighted by Gasteiger charge is 2.24. The zero-order valence-electron chi connectivity index (χ0n) is 13.5. The highest BCUT2D eigenvalue weighted by molar-refractivity contribution is 7.92. The molecule has 7 nitrogen and oxygen atoms in total. The van der Waals surface area contributed by atoms with Crippen LogP contribution in [-0.4, -0.2) is 32.7 Å². The number of benzene rings is 2. The molecule has 0 radical (unpaired) electrons. The number of rotatable bonds is 5. The fraction of sp³-hybridized carbons (Fsp3) is 0.235. The first-order valence-electron chi connectivity index (χ1n) is 7.70. The molecule has 0 saturated carbocycles. The number of aromatic carboxylic acids is 1. The van der Waals surface area contributed by atoms with Crippen molar-refractivity contribution in [2.24, 2.45) is 0 Å². The molecule has 3 rings (SSSR count). The van der Waals surface area contributed by atoms with E-state index in [2.05, 4.69) is 4.72 Å². The van der Waals surface area contributed by atoms with E-state index in [0.717, 1.165) is 6.07 Å². The van der Waals surface area contributed by atoms with Gasteiger partial charge in [-0.25, -0.2) is 13.2 Å². The molecule has 0 saturated heterocycles. The molecular formula is C17H17NO6S. The van der Waals surface area contributed by atoms with E-state index in [1.165, 1.54) is 12.1 Å². The first-order valence-corrected chi connectivity index (χ1v) is 9.18. The van der Waals surface area contributed by atoms with Crippen molar-refractivity contribution in [1.82, 2.24) is 0 Å². The van der Waals surface area contributed by atoms with Crippen LogP contribution in [0.1, 0.15) is 22.8 Å². The van der Waals surface area contributed by atoms with Gasteiger partial charge in [-0.1, -0.05) is 19.1 Å². The van der Waals surface area contributed by atoms with Gasteiger partial charge in [0.25, 0.3) is 10.0 Å². The molecule has 0 aromatic heterocycles. The summed E-state index contributed by atoms with van der Waals surface area (Å²) in [6.45, 7) is 2.51. The van der Waals surface area contributed by atoms with E-state index < -0.39 is 16.0 Å². The van der Waals surface area contributed by atoms with E-state index in [1.54, 1.807) is 25.1 Å². The molecule has 2 N–H and O–H groups in total. The van der Waals surface area contributed by atoms with Crippen LogP contribution in [0.2, 0.25) is 0 Å². The molecule has 0 atom stereocenters. The number of hydrogen-bond acceptors (Lipinski definition) is 5. The van der Waals surface area contributed by atoms with E-state index in [0.29, 0.717) is 36.7 Å². The number of carbonyl (C=O) groups is 1. The number of carboxylic acids is 1. The van der Waals surface area contributed by atoms with Crippen LogP contribution < -0.4 is 14.2 Å². The molecular weight excluding hydrogens is 346 g/mol. The van der Waals surface area contributed by atoms with Gasteiger partial charge in [-0.15, -0.1) is 0 Å². The van der Waals surface area contributed by atoms with Gasteiger partial charge in [0.15, 0.2) is 11.5 Å². The molecule has 0 fully saturated rings. The quantitative estimate of drug-likeness (QED) is 0.846. The van der Waals surface area contributed by atoms with Gasteiger partial charge >= 0.3 is 5.97 Å². The van der Waals surface area contributed by atoms with Crippen molar-refractivity contribution in [3.05, 3.63) is 47.5 Å². The number of fused-ring (bicyclic) bond motifs is 1. The predicted molar refractivity (Wildman–Crippen MR) is 91.0 cm³/mol. The van der Waals surface area contributed by atoms with Gasteiger partial charge in [0, 0.05) is 0 Å². The van der Waals surface area contributed by atoms with Crippen molar-refractivity contribution < 1.29 is 27.8 Å². The number of anilines is 1. The molecule has 25 heavy (non-hydrogen) atoms. The molecule has 1 aliphatic heterocycles. The molecule has 0 unspecified atom stereocenters. The Morgan fingerprint density at radius 2 is 1.96 bits per heavy atom. The van der Waals surface area contributed by atoms with Crippen molar-refractivity contribution in [3.63, 3.8) is 0 Å². The first kappa shape index (κ1) is 17.1. The Morgan fingerprint density at radius 1 is 1.20 bits per heavy atom. The van der Waals surface area contributed by atoms with Gasteiger partial charge in [-0.3, -0.25) is 4.72 Å². The third kappa shape index (κ3) is 3.39. The number of aryl methyl sites for hydroxylation is 1. The maximum Gasteiger partial charge on any atom is 0.335 e. The molecule has 8 heteroatoms. The summed E-state index contributed by atoms with van der Waals surface area (Å²) in [5.74, 6) is -0.404. The highest BCUT2D eigenvalue weighted by atomic mass is 32.2. The van der Waals surface area contributed by atoms with Crippen LogP contribution in [0.3, 0.4) is 0 Å². The third-order valence-corrected chi connectivity index (χ3v) is 5.24. The van der Waals surface area contributed by atoms with E-state index in [4.69, 9.17) is 14.6 Å². The number of nitrogens with one attached hydrogen (secondary N) is 1. The van der Waals surface area contributed by atoms with Crippen LogP contribution in [0.5, 0.6) is 11.5 Å². The SMILES string of the molecule is CCc1ccc(C(=O)O)cc1S(=O)(=O)Nc1cccc2c1OCCO2. The largest absolute Gasteiger partial charge is 0.486 e. The number of para-hydroxylation sites is 1. The minimum atomic E-state index is -3.99. The summed E-state index contributed by atoms with van der Waals surface area (Å²) in [6, 6.07) is 8.97. The second-order valence-electron chi connectivity index (χ2n) is 5.42. The maximum absolute atomic E-state index is 12.8. The lowest BCUT2D eigenvalue weighted by Gasteiger charge is -2.21. The molecule has 2 aromatic rings. The second kappa shape index (κ2) is 6.64. The van der Waals surface area contributed by atoms with E-state index in [-0.39, 0.29) is 16.1 Å². The summed E-state index contributed by atoms with van der Waals surface area (Å²) in [5, 5.41) is 9.13. The molecule has 0 aliphatic carbocycles. The molecule has 1 heterocycles. The smallest absolute Gasteiger partial charge is 0.335 e. The summed E-state index contributed by atoms with van der Waals surface area (Å²) >= 11 is 0. The van der Waals surface area contributed by atoms with Gasteiger partial charge in [-0.2, -0.15) is 0 Å². The van der Waals surface area contributed by atoms with Crippen molar-refractivity contribution in [2.45, 2.75) is 18.2 Å². The summed E-state index contributed by atoms with van der Waals surface area (Å²) in [6.07, 6.45) is 0.447. The zero-order valence-corrected chi connectivity index (χ0v) is 14.3. The average Bonchev–Trinajstić information content (AvgIpc) is 2.61. The number of carboxylic acid groups (broad SMARTS) is 1. The van der Waals surface area contributed by atoms with Crippen LogP contribution in [0, 0.1) is 0 Å². The summed E-state index contributed by atoms with van der Waals surface area (Å²) in [4.78, 5) is 11.1.